The van der Waals surface area contributed by atoms with Crippen molar-refractivity contribution in [2.45, 2.75) is 19.6 Å². The highest BCUT2D eigenvalue weighted by Crippen LogP contribution is 2.30. The number of hydrogen-bond donors (Lipinski definition) is 0. The Morgan fingerprint density at radius 1 is 1.03 bits per heavy atom. The van der Waals surface area contributed by atoms with Crippen LogP contribution in [-0.2, 0) is 11.3 Å². The molecule has 0 N–H and O–H groups in total. The Morgan fingerprint density at radius 2 is 1.77 bits per heavy atom. The van der Waals surface area contributed by atoms with Gasteiger partial charge in [-0.25, -0.2) is 0 Å². The standard InChI is InChI=1S/C24H31N3O3/c1-19-6-5-7-20(14-19)15-26-10-12-27(13-11-26)17-24(28)25(2)16-21-18-29-22-8-3-4-9-23(22)30-21/h3-9,14,21H,10-13,15-18H2,1-2H3/t21-/m1/s1. The average molecular weight is 410 g/mol. The smallest absolute Gasteiger partial charge is 0.236 e. The molecule has 1 atom stereocenters. The predicted octanol–water partition coefficient (Wildman–Crippen LogP) is 2.41. The van der Waals surface area contributed by atoms with E-state index in [1.54, 1.807) is 4.90 Å². The Balaban J connectivity index is 1.20. The van der Waals surface area contributed by atoms with Crippen molar-refractivity contribution in [3.63, 3.8) is 0 Å². The van der Waals surface area contributed by atoms with Crippen molar-refractivity contribution in [2.75, 3.05) is 52.9 Å². The molecule has 6 heteroatoms. The lowest BCUT2D eigenvalue weighted by molar-refractivity contribution is -0.133. The summed E-state index contributed by atoms with van der Waals surface area (Å²) in [6.45, 7) is 8.37. The molecule has 1 saturated heterocycles. The van der Waals surface area contributed by atoms with Crippen LogP contribution in [0.2, 0.25) is 0 Å². The zero-order valence-corrected chi connectivity index (χ0v) is 17.9. The third-order valence-electron chi connectivity index (χ3n) is 5.78. The topological polar surface area (TPSA) is 45.2 Å². The van der Waals surface area contributed by atoms with Gasteiger partial charge in [-0.1, -0.05) is 42.0 Å². The third kappa shape index (κ3) is 5.32. The van der Waals surface area contributed by atoms with Gasteiger partial charge in [-0.15, -0.1) is 0 Å². The number of aryl methyl sites for hydroxylation is 1. The Labute approximate surface area is 179 Å². The number of fused-ring (bicyclic) bond motifs is 1. The normalized spacial score (nSPS) is 19.5. The second-order valence-electron chi connectivity index (χ2n) is 8.31. The molecule has 6 nitrogen and oxygen atoms in total. The van der Waals surface area contributed by atoms with E-state index in [4.69, 9.17) is 9.47 Å². The number of amides is 1. The number of carbonyl (C=O) groups is 1. The first-order valence-electron chi connectivity index (χ1n) is 10.7. The second-order valence-corrected chi connectivity index (χ2v) is 8.31. The van der Waals surface area contributed by atoms with Gasteiger partial charge in [0.25, 0.3) is 0 Å². The third-order valence-corrected chi connectivity index (χ3v) is 5.78. The Bertz CT molecular complexity index is 864. The van der Waals surface area contributed by atoms with Gasteiger partial charge in [0.2, 0.25) is 5.91 Å². The van der Waals surface area contributed by atoms with Gasteiger partial charge in [0.05, 0.1) is 13.1 Å². The van der Waals surface area contributed by atoms with Gasteiger partial charge in [-0.2, -0.15) is 0 Å². The van der Waals surface area contributed by atoms with Crippen LogP contribution in [0, 0.1) is 6.92 Å². The zero-order chi connectivity index (χ0) is 20.9. The number of para-hydroxylation sites is 2. The molecule has 0 radical (unpaired) electrons. The average Bonchev–Trinajstić information content (AvgIpc) is 2.75. The first-order valence-corrected chi connectivity index (χ1v) is 10.7. The quantitative estimate of drug-likeness (QED) is 0.733. The lowest BCUT2D eigenvalue weighted by atomic mass is 10.1. The van der Waals surface area contributed by atoms with E-state index in [9.17, 15) is 4.79 Å². The molecule has 160 valence electrons. The predicted molar refractivity (Wildman–Crippen MR) is 117 cm³/mol. The molecular weight excluding hydrogens is 378 g/mol. The number of benzene rings is 2. The second kappa shape index (κ2) is 9.49. The van der Waals surface area contributed by atoms with E-state index in [-0.39, 0.29) is 12.0 Å². The van der Waals surface area contributed by atoms with E-state index < -0.39 is 0 Å². The Hall–Kier alpha value is -2.57. The van der Waals surface area contributed by atoms with E-state index in [1.165, 1.54) is 11.1 Å². The fourth-order valence-corrected chi connectivity index (χ4v) is 4.05. The van der Waals surface area contributed by atoms with Crippen LogP contribution in [0.15, 0.2) is 48.5 Å². The molecule has 2 aromatic carbocycles. The molecule has 0 aliphatic carbocycles. The van der Waals surface area contributed by atoms with Crippen LogP contribution in [0.3, 0.4) is 0 Å². The monoisotopic (exact) mass is 409 g/mol. The maximum Gasteiger partial charge on any atom is 0.236 e. The number of hydrogen-bond acceptors (Lipinski definition) is 5. The first kappa shape index (κ1) is 20.7. The maximum atomic E-state index is 12.7. The fraction of sp³-hybridized carbons (Fsp3) is 0.458. The molecule has 0 unspecified atom stereocenters. The summed E-state index contributed by atoms with van der Waals surface area (Å²) in [4.78, 5) is 19.2. The van der Waals surface area contributed by atoms with Gasteiger partial charge >= 0.3 is 0 Å². The summed E-state index contributed by atoms with van der Waals surface area (Å²) < 4.78 is 11.7. The molecular formula is C24H31N3O3. The molecule has 0 spiro atoms. The molecule has 2 aromatic rings. The van der Waals surface area contributed by atoms with Crippen molar-refractivity contribution in [1.82, 2.24) is 14.7 Å². The van der Waals surface area contributed by atoms with Crippen LogP contribution in [0.5, 0.6) is 11.5 Å². The molecule has 0 bridgehead atoms. The number of rotatable bonds is 6. The fourth-order valence-electron chi connectivity index (χ4n) is 4.05. The van der Waals surface area contributed by atoms with E-state index in [2.05, 4.69) is 41.0 Å². The molecule has 2 aliphatic heterocycles. The van der Waals surface area contributed by atoms with Crippen LogP contribution in [0.1, 0.15) is 11.1 Å². The van der Waals surface area contributed by atoms with Crippen LogP contribution >= 0.6 is 0 Å². The van der Waals surface area contributed by atoms with Crippen molar-refractivity contribution in [3.05, 3.63) is 59.7 Å². The van der Waals surface area contributed by atoms with Crippen LogP contribution < -0.4 is 9.47 Å². The van der Waals surface area contributed by atoms with Gasteiger partial charge in [0.15, 0.2) is 17.6 Å². The van der Waals surface area contributed by atoms with Crippen molar-refractivity contribution in [2.24, 2.45) is 0 Å². The van der Waals surface area contributed by atoms with Gasteiger partial charge in [-0.05, 0) is 24.6 Å². The van der Waals surface area contributed by atoms with Gasteiger partial charge in [-0.3, -0.25) is 14.6 Å². The lowest BCUT2D eigenvalue weighted by Gasteiger charge is -2.35. The first-order chi connectivity index (χ1) is 14.6. The summed E-state index contributed by atoms with van der Waals surface area (Å²) in [5, 5.41) is 0. The highest BCUT2D eigenvalue weighted by Gasteiger charge is 2.25. The molecule has 0 saturated carbocycles. The lowest BCUT2D eigenvalue weighted by Crippen LogP contribution is -2.50. The highest BCUT2D eigenvalue weighted by atomic mass is 16.6. The van der Waals surface area contributed by atoms with E-state index in [0.29, 0.717) is 19.7 Å². The minimum atomic E-state index is -0.139. The van der Waals surface area contributed by atoms with Gasteiger partial charge < -0.3 is 14.4 Å². The van der Waals surface area contributed by atoms with E-state index >= 15 is 0 Å². The van der Waals surface area contributed by atoms with Crippen molar-refractivity contribution in [1.29, 1.82) is 0 Å². The minimum absolute atomic E-state index is 0.129. The van der Waals surface area contributed by atoms with Gasteiger partial charge in [0, 0.05) is 39.8 Å². The molecule has 2 aliphatic rings. The summed E-state index contributed by atoms with van der Waals surface area (Å²) in [5.41, 5.74) is 2.66. The Kier molecular flexibility index (Phi) is 6.55. The maximum absolute atomic E-state index is 12.7. The SMILES string of the molecule is Cc1cccc(CN2CCN(CC(=O)N(C)C[C@@H]3COc4ccccc4O3)CC2)c1. The largest absolute Gasteiger partial charge is 0.486 e. The molecule has 1 fully saturated rings. The molecule has 2 heterocycles. The van der Waals surface area contributed by atoms with E-state index in [1.807, 2.05) is 31.3 Å². The number of nitrogens with zero attached hydrogens (tertiary/aromatic N) is 3. The summed E-state index contributed by atoms with van der Waals surface area (Å²) >= 11 is 0. The number of likely N-dealkylation sites (N-methyl/N-ethyl adjacent to an activating group) is 1. The Morgan fingerprint density at radius 3 is 2.53 bits per heavy atom. The minimum Gasteiger partial charge on any atom is -0.486 e. The zero-order valence-electron chi connectivity index (χ0n) is 17.9. The highest BCUT2D eigenvalue weighted by molar-refractivity contribution is 5.78. The van der Waals surface area contributed by atoms with Crippen LogP contribution in [0.25, 0.3) is 0 Å². The number of carbonyl (C=O) groups excluding carboxylic acids is 1. The summed E-state index contributed by atoms with van der Waals surface area (Å²) in [6.07, 6.45) is -0.139. The van der Waals surface area contributed by atoms with Crippen molar-refractivity contribution in [3.8, 4) is 11.5 Å². The molecule has 30 heavy (non-hydrogen) atoms. The molecule has 0 aromatic heterocycles. The summed E-state index contributed by atoms with van der Waals surface area (Å²) in [6, 6.07) is 16.4. The van der Waals surface area contributed by atoms with Crippen LogP contribution in [0.4, 0.5) is 0 Å². The summed E-state index contributed by atoms with van der Waals surface area (Å²) in [7, 11) is 1.85. The molecule has 1 amide bonds. The van der Waals surface area contributed by atoms with Gasteiger partial charge in [0.1, 0.15) is 6.61 Å². The number of piperazine rings is 1. The summed E-state index contributed by atoms with van der Waals surface area (Å²) in [5.74, 6) is 1.65. The molecule has 4 rings (SSSR count). The van der Waals surface area contributed by atoms with Crippen LogP contribution in [-0.4, -0.2) is 79.6 Å². The number of ether oxygens (including phenoxy) is 2. The van der Waals surface area contributed by atoms with Crippen molar-refractivity contribution < 1.29 is 14.3 Å². The van der Waals surface area contributed by atoms with E-state index in [0.717, 1.165) is 44.2 Å². The van der Waals surface area contributed by atoms with Crippen molar-refractivity contribution >= 4 is 5.91 Å².